The highest BCUT2D eigenvalue weighted by atomic mass is 19.1. The Morgan fingerprint density at radius 2 is 2.19 bits per heavy atom. The van der Waals surface area contributed by atoms with E-state index in [1.165, 1.54) is 0 Å². The number of hydrogen-bond donors (Lipinski definition) is 1. The molecule has 0 aliphatic heterocycles. The van der Waals surface area contributed by atoms with Crippen molar-refractivity contribution >= 4 is 0 Å². The lowest BCUT2D eigenvalue weighted by Gasteiger charge is -2.19. The monoisotopic (exact) mass is 289 g/mol. The summed E-state index contributed by atoms with van der Waals surface area (Å²) in [6.45, 7) is 4.93. The topological polar surface area (TPSA) is 29.9 Å². The minimum atomic E-state index is -0.142. The van der Waals surface area contributed by atoms with Crippen molar-refractivity contribution in [3.63, 3.8) is 0 Å². The number of nitrogens with one attached hydrogen (secondary N) is 1. The zero-order valence-corrected chi connectivity index (χ0v) is 13.1. The summed E-state index contributed by atoms with van der Waals surface area (Å²) in [5.74, 6) is 0.939. The number of imidazole rings is 1. The SMILES string of the molecule is CCCNC(CCc1nccn1C)c1ccc(F)c(C)c1. The maximum absolute atomic E-state index is 13.4. The van der Waals surface area contributed by atoms with Crippen LogP contribution in [0, 0.1) is 12.7 Å². The highest BCUT2D eigenvalue weighted by molar-refractivity contribution is 5.26. The molecule has 1 atom stereocenters. The van der Waals surface area contributed by atoms with Crippen LogP contribution in [0.15, 0.2) is 30.6 Å². The molecule has 1 heterocycles. The van der Waals surface area contributed by atoms with Crippen LogP contribution >= 0.6 is 0 Å². The van der Waals surface area contributed by atoms with Gasteiger partial charge >= 0.3 is 0 Å². The summed E-state index contributed by atoms with van der Waals surface area (Å²) in [7, 11) is 2.01. The van der Waals surface area contributed by atoms with Gasteiger partial charge in [-0.05, 0) is 43.5 Å². The summed E-state index contributed by atoms with van der Waals surface area (Å²) >= 11 is 0. The fourth-order valence-electron chi connectivity index (χ4n) is 2.50. The first-order chi connectivity index (χ1) is 10.1. The summed E-state index contributed by atoms with van der Waals surface area (Å²) in [6, 6.07) is 5.63. The molecule has 2 aromatic rings. The summed E-state index contributed by atoms with van der Waals surface area (Å²) in [4.78, 5) is 4.37. The molecule has 3 nitrogen and oxygen atoms in total. The summed E-state index contributed by atoms with van der Waals surface area (Å²) in [5, 5.41) is 3.55. The van der Waals surface area contributed by atoms with Gasteiger partial charge in [0.25, 0.3) is 0 Å². The van der Waals surface area contributed by atoms with E-state index in [-0.39, 0.29) is 11.9 Å². The van der Waals surface area contributed by atoms with E-state index in [1.807, 2.05) is 43.1 Å². The Morgan fingerprint density at radius 3 is 2.81 bits per heavy atom. The molecular weight excluding hydrogens is 265 g/mol. The predicted molar refractivity (Wildman–Crippen MR) is 83.7 cm³/mol. The smallest absolute Gasteiger partial charge is 0.126 e. The van der Waals surface area contributed by atoms with Gasteiger partial charge in [-0.1, -0.05) is 19.1 Å². The Balaban J connectivity index is 2.09. The number of benzene rings is 1. The van der Waals surface area contributed by atoms with Gasteiger partial charge in [0, 0.05) is 31.9 Å². The van der Waals surface area contributed by atoms with Gasteiger partial charge in [0.2, 0.25) is 0 Å². The molecule has 114 valence electrons. The molecule has 0 saturated carbocycles. The Bertz CT molecular complexity index is 577. The minimum absolute atomic E-state index is 0.142. The van der Waals surface area contributed by atoms with Gasteiger partial charge in [-0.2, -0.15) is 0 Å². The molecule has 0 bridgehead atoms. The number of halogens is 1. The molecule has 1 unspecified atom stereocenters. The number of nitrogens with zero attached hydrogens (tertiary/aromatic N) is 2. The van der Waals surface area contributed by atoms with Crippen LogP contribution in [0.4, 0.5) is 4.39 Å². The van der Waals surface area contributed by atoms with E-state index in [1.54, 1.807) is 6.07 Å². The first-order valence-corrected chi connectivity index (χ1v) is 7.57. The molecule has 4 heteroatoms. The molecule has 0 fully saturated rings. The quantitative estimate of drug-likeness (QED) is 0.845. The van der Waals surface area contributed by atoms with Crippen LogP contribution in [-0.2, 0) is 13.5 Å². The van der Waals surface area contributed by atoms with Crippen molar-refractivity contribution in [1.29, 1.82) is 0 Å². The lowest BCUT2D eigenvalue weighted by Crippen LogP contribution is -2.23. The second-order valence-electron chi connectivity index (χ2n) is 5.51. The third kappa shape index (κ3) is 4.14. The lowest BCUT2D eigenvalue weighted by molar-refractivity contribution is 0.489. The second kappa shape index (κ2) is 7.36. The van der Waals surface area contributed by atoms with E-state index in [9.17, 15) is 4.39 Å². The molecule has 0 saturated heterocycles. The average Bonchev–Trinajstić information content (AvgIpc) is 2.88. The molecule has 21 heavy (non-hydrogen) atoms. The van der Waals surface area contributed by atoms with E-state index in [0.717, 1.165) is 37.2 Å². The Labute approximate surface area is 126 Å². The second-order valence-corrected chi connectivity index (χ2v) is 5.51. The molecule has 1 N–H and O–H groups in total. The molecule has 0 amide bonds. The standard InChI is InChI=1S/C17H24FN3/c1-4-9-19-16(7-8-17-20-10-11-21(17)3)14-5-6-15(18)13(2)12-14/h5-6,10-12,16,19H,4,7-9H2,1-3H3. The van der Waals surface area contributed by atoms with E-state index in [0.29, 0.717) is 5.56 Å². The number of aromatic nitrogens is 2. The Morgan fingerprint density at radius 1 is 1.38 bits per heavy atom. The number of aryl methyl sites for hydroxylation is 3. The van der Waals surface area contributed by atoms with Gasteiger partial charge in [0.05, 0.1) is 0 Å². The van der Waals surface area contributed by atoms with Crippen molar-refractivity contribution in [2.24, 2.45) is 7.05 Å². The number of hydrogen-bond acceptors (Lipinski definition) is 2. The van der Waals surface area contributed by atoms with Crippen molar-refractivity contribution < 1.29 is 4.39 Å². The van der Waals surface area contributed by atoms with Crippen LogP contribution in [0.2, 0.25) is 0 Å². The van der Waals surface area contributed by atoms with Crippen LogP contribution in [-0.4, -0.2) is 16.1 Å². The van der Waals surface area contributed by atoms with Gasteiger partial charge in [0.15, 0.2) is 0 Å². The third-order valence-corrected chi connectivity index (χ3v) is 3.80. The highest BCUT2D eigenvalue weighted by Gasteiger charge is 2.13. The predicted octanol–water partition coefficient (Wildman–Crippen LogP) is 3.54. The minimum Gasteiger partial charge on any atom is -0.338 e. The summed E-state index contributed by atoms with van der Waals surface area (Å²) in [6.07, 6.45) is 6.73. The van der Waals surface area contributed by atoms with Crippen molar-refractivity contribution in [2.75, 3.05) is 6.54 Å². The zero-order valence-electron chi connectivity index (χ0n) is 13.1. The molecule has 2 rings (SSSR count). The average molecular weight is 289 g/mol. The molecule has 0 spiro atoms. The van der Waals surface area contributed by atoms with Gasteiger partial charge < -0.3 is 9.88 Å². The van der Waals surface area contributed by atoms with E-state index in [2.05, 4.69) is 17.2 Å². The van der Waals surface area contributed by atoms with Gasteiger partial charge in [-0.15, -0.1) is 0 Å². The molecule has 0 aliphatic carbocycles. The van der Waals surface area contributed by atoms with Crippen LogP contribution < -0.4 is 5.32 Å². The molecule has 0 radical (unpaired) electrons. The van der Waals surface area contributed by atoms with Crippen molar-refractivity contribution in [1.82, 2.24) is 14.9 Å². The van der Waals surface area contributed by atoms with E-state index >= 15 is 0 Å². The van der Waals surface area contributed by atoms with Crippen molar-refractivity contribution in [3.05, 3.63) is 53.4 Å². The highest BCUT2D eigenvalue weighted by Crippen LogP contribution is 2.21. The van der Waals surface area contributed by atoms with Gasteiger partial charge in [0.1, 0.15) is 11.6 Å². The molecular formula is C17H24FN3. The Hall–Kier alpha value is -1.68. The van der Waals surface area contributed by atoms with Crippen LogP contribution in [0.3, 0.4) is 0 Å². The third-order valence-electron chi connectivity index (χ3n) is 3.80. The molecule has 1 aromatic carbocycles. The largest absolute Gasteiger partial charge is 0.338 e. The number of rotatable bonds is 7. The van der Waals surface area contributed by atoms with Crippen LogP contribution in [0.1, 0.15) is 42.8 Å². The fraction of sp³-hybridized carbons (Fsp3) is 0.471. The lowest BCUT2D eigenvalue weighted by atomic mass is 9.99. The Kier molecular flexibility index (Phi) is 5.51. The van der Waals surface area contributed by atoms with E-state index in [4.69, 9.17) is 0 Å². The first kappa shape index (κ1) is 15.7. The van der Waals surface area contributed by atoms with E-state index < -0.39 is 0 Å². The first-order valence-electron chi connectivity index (χ1n) is 7.57. The molecule has 1 aromatic heterocycles. The maximum atomic E-state index is 13.4. The maximum Gasteiger partial charge on any atom is 0.126 e. The summed E-state index contributed by atoms with van der Waals surface area (Å²) < 4.78 is 15.5. The van der Waals surface area contributed by atoms with Crippen molar-refractivity contribution in [2.45, 2.75) is 39.2 Å². The fourth-order valence-corrected chi connectivity index (χ4v) is 2.50. The normalized spacial score (nSPS) is 12.6. The van der Waals surface area contributed by atoms with Crippen LogP contribution in [0.25, 0.3) is 0 Å². The van der Waals surface area contributed by atoms with Gasteiger partial charge in [-0.3, -0.25) is 0 Å². The van der Waals surface area contributed by atoms with Crippen molar-refractivity contribution in [3.8, 4) is 0 Å². The summed E-state index contributed by atoms with van der Waals surface area (Å²) in [5.41, 5.74) is 1.85. The van der Waals surface area contributed by atoms with Gasteiger partial charge in [-0.25, -0.2) is 9.37 Å². The molecule has 0 aliphatic rings. The zero-order chi connectivity index (χ0) is 15.2. The van der Waals surface area contributed by atoms with Crippen LogP contribution in [0.5, 0.6) is 0 Å².